The third-order valence-corrected chi connectivity index (χ3v) is 4.07. The Bertz CT molecular complexity index is 482. The van der Waals surface area contributed by atoms with E-state index in [0.29, 0.717) is 10.8 Å². The molecule has 17 heavy (non-hydrogen) atoms. The predicted octanol–water partition coefficient (Wildman–Crippen LogP) is 3.58. The van der Waals surface area contributed by atoms with Crippen LogP contribution >= 0.6 is 22.9 Å². The number of hydrogen-bond acceptors (Lipinski definition) is 4. The topological polar surface area (TPSA) is 37.8 Å². The van der Waals surface area contributed by atoms with Crippen LogP contribution in [0.25, 0.3) is 0 Å². The summed E-state index contributed by atoms with van der Waals surface area (Å²) in [6.07, 6.45) is 3.08. The van der Waals surface area contributed by atoms with Gasteiger partial charge >= 0.3 is 0 Å². The molecule has 0 unspecified atom stereocenters. The van der Waals surface area contributed by atoms with E-state index in [1.54, 1.807) is 17.5 Å². The Morgan fingerprint density at radius 3 is 2.94 bits per heavy atom. The number of halogens is 1. The molecule has 0 aliphatic heterocycles. The SMILES string of the molecule is CC(C)(CNc1ncncc1Cl)c1cccs1. The molecule has 5 heteroatoms. The second-order valence-corrected chi connectivity index (χ2v) is 5.79. The molecule has 1 N–H and O–H groups in total. The highest BCUT2D eigenvalue weighted by Crippen LogP contribution is 2.28. The molecule has 0 saturated heterocycles. The van der Waals surface area contributed by atoms with Gasteiger partial charge in [-0.15, -0.1) is 11.3 Å². The Labute approximate surface area is 110 Å². The van der Waals surface area contributed by atoms with Gasteiger partial charge in [0.2, 0.25) is 0 Å². The number of aromatic nitrogens is 2. The first-order valence-corrected chi connectivity index (χ1v) is 6.59. The zero-order valence-electron chi connectivity index (χ0n) is 9.77. The van der Waals surface area contributed by atoms with E-state index in [1.165, 1.54) is 11.2 Å². The first-order valence-electron chi connectivity index (χ1n) is 5.33. The number of rotatable bonds is 4. The molecule has 0 bridgehead atoms. The summed E-state index contributed by atoms with van der Waals surface area (Å²) in [5.41, 5.74) is 0.0580. The third-order valence-electron chi connectivity index (χ3n) is 2.55. The first-order chi connectivity index (χ1) is 8.09. The standard InChI is InChI=1S/C12H14ClN3S/c1-12(2,10-4-3-5-17-10)7-15-11-9(13)6-14-8-16-11/h3-6,8H,7H2,1-2H3,(H,14,15,16). The Morgan fingerprint density at radius 2 is 2.29 bits per heavy atom. The van der Waals surface area contributed by atoms with Crippen molar-refractivity contribution in [2.75, 3.05) is 11.9 Å². The number of hydrogen-bond donors (Lipinski definition) is 1. The van der Waals surface area contributed by atoms with Crippen molar-refractivity contribution in [2.45, 2.75) is 19.3 Å². The van der Waals surface area contributed by atoms with Gasteiger partial charge in [0, 0.05) is 16.8 Å². The minimum atomic E-state index is 0.0580. The fraction of sp³-hybridized carbons (Fsp3) is 0.333. The quantitative estimate of drug-likeness (QED) is 0.920. The summed E-state index contributed by atoms with van der Waals surface area (Å²) in [5, 5.41) is 5.91. The first kappa shape index (κ1) is 12.3. The molecule has 0 aliphatic carbocycles. The lowest BCUT2D eigenvalue weighted by molar-refractivity contribution is 0.568. The molecule has 90 valence electrons. The molecule has 0 amide bonds. The van der Waals surface area contributed by atoms with Gasteiger partial charge in [0.15, 0.2) is 0 Å². The van der Waals surface area contributed by atoms with Crippen molar-refractivity contribution in [1.29, 1.82) is 0 Å². The molecule has 3 nitrogen and oxygen atoms in total. The molecule has 2 heterocycles. The van der Waals surface area contributed by atoms with E-state index >= 15 is 0 Å². The van der Waals surface area contributed by atoms with Crippen molar-refractivity contribution in [3.63, 3.8) is 0 Å². The largest absolute Gasteiger partial charge is 0.368 e. The summed E-state index contributed by atoms with van der Waals surface area (Å²) < 4.78 is 0. The van der Waals surface area contributed by atoms with Gasteiger partial charge in [0.1, 0.15) is 17.2 Å². The third kappa shape index (κ3) is 2.96. The Hall–Kier alpha value is -1.13. The van der Waals surface area contributed by atoms with Crippen LogP contribution in [0.2, 0.25) is 5.02 Å². The van der Waals surface area contributed by atoms with Crippen LogP contribution in [0, 0.1) is 0 Å². The second kappa shape index (κ2) is 5.02. The van der Waals surface area contributed by atoms with Crippen LogP contribution < -0.4 is 5.32 Å². The van der Waals surface area contributed by atoms with Crippen molar-refractivity contribution in [3.8, 4) is 0 Å². The van der Waals surface area contributed by atoms with E-state index in [0.717, 1.165) is 6.54 Å². The van der Waals surface area contributed by atoms with Crippen LogP contribution in [0.15, 0.2) is 30.0 Å². The Kier molecular flexibility index (Phi) is 3.64. The summed E-state index contributed by atoms with van der Waals surface area (Å²) >= 11 is 7.76. The number of nitrogens with zero attached hydrogens (tertiary/aromatic N) is 2. The van der Waals surface area contributed by atoms with Gasteiger partial charge in [-0.1, -0.05) is 31.5 Å². The van der Waals surface area contributed by atoms with Gasteiger partial charge in [-0.05, 0) is 11.4 Å². The molecule has 0 radical (unpaired) electrons. The van der Waals surface area contributed by atoms with Crippen LogP contribution in [-0.2, 0) is 5.41 Å². The van der Waals surface area contributed by atoms with Crippen LogP contribution in [0.4, 0.5) is 5.82 Å². The van der Waals surface area contributed by atoms with Crippen LogP contribution in [0.1, 0.15) is 18.7 Å². The number of nitrogens with one attached hydrogen (secondary N) is 1. The van der Waals surface area contributed by atoms with Gasteiger partial charge in [0.05, 0.1) is 6.20 Å². The number of anilines is 1. The van der Waals surface area contributed by atoms with Crippen molar-refractivity contribution >= 4 is 28.8 Å². The van der Waals surface area contributed by atoms with E-state index < -0.39 is 0 Å². The maximum Gasteiger partial charge on any atom is 0.148 e. The molecule has 2 aromatic heterocycles. The lowest BCUT2D eigenvalue weighted by Gasteiger charge is -2.24. The van der Waals surface area contributed by atoms with E-state index in [-0.39, 0.29) is 5.41 Å². The highest BCUT2D eigenvalue weighted by molar-refractivity contribution is 7.10. The lowest BCUT2D eigenvalue weighted by atomic mass is 9.91. The van der Waals surface area contributed by atoms with Gasteiger partial charge in [-0.3, -0.25) is 0 Å². The Balaban J connectivity index is 2.06. The molecule has 0 fully saturated rings. The molecule has 2 rings (SSSR count). The lowest BCUT2D eigenvalue weighted by Crippen LogP contribution is -2.27. The van der Waals surface area contributed by atoms with E-state index in [1.807, 2.05) is 0 Å². The minimum absolute atomic E-state index is 0.0580. The van der Waals surface area contributed by atoms with Gasteiger partial charge in [-0.25, -0.2) is 9.97 Å². The maximum absolute atomic E-state index is 5.99. The summed E-state index contributed by atoms with van der Waals surface area (Å²) in [5.74, 6) is 0.686. The summed E-state index contributed by atoms with van der Waals surface area (Å²) in [6, 6.07) is 4.22. The fourth-order valence-electron chi connectivity index (χ4n) is 1.50. The number of thiophene rings is 1. The van der Waals surface area contributed by atoms with Gasteiger partial charge in [0.25, 0.3) is 0 Å². The average Bonchev–Trinajstić information content (AvgIpc) is 2.82. The highest BCUT2D eigenvalue weighted by Gasteiger charge is 2.21. The van der Waals surface area contributed by atoms with Crippen molar-refractivity contribution in [3.05, 3.63) is 39.9 Å². The van der Waals surface area contributed by atoms with Gasteiger partial charge < -0.3 is 5.32 Å². The monoisotopic (exact) mass is 267 g/mol. The molecular formula is C12H14ClN3S. The molecular weight excluding hydrogens is 254 g/mol. The van der Waals surface area contributed by atoms with Crippen LogP contribution in [0.5, 0.6) is 0 Å². The molecule has 2 aromatic rings. The van der Waals surface area contributed by atoms with Crippen molar-refractivity contribution in [1.82, 2.24) is 9.97 Å². The van der Waals surface area contributed by atoms with Gasteiger partial charge in [-0.2, -0.15) is 0 Å². The molecule has 0 atom stereocenters. The highest BCUT2D eigenvalue weighted by atomic mass is 35.5. The van der Waals surface area contributed by atoms with E-state index in [4.69, 9.17) is 11.6 Å². The molecule has 0 spiro atoms. The maximum atomic E-state index is 5.99. The average molecular weight is 268 g/mol. The molecule has 0 aliphatic rings. The van der Waals surface area contributed by atoms with Crippen LogP contribution in [0.3, 0.4) is 0 Å². The molecule has 0 aromatic carbocycles. The summed E-state index contributed by atoms with van der Waals surface area (Å²) in [6.45, 7) is 5.17. The fourth-order valence-corrected chi connectivity index (χ4v) is 2.52. The smallest absolute Gasteiger partial charge is 0.148 e. The zero-order valence-corrected chi connectivity index (χ0v) is 11.3. The summed E-state index contributed by atoms with van der Waals surface area (Å²) in [7, 11) is 0. The van der Waals surface area contributed by atoms with Crippen LogP contribution in [-0.4, -0.2) is 16.5 Å². The zero-order chi connectivity index (χ0) is 12.3. The Morgan fingerprint density at radius 1 is 1.47 bits per heavy atom. The van der Waals surface area contributed by atoms with E-state index in [9.17, 15) is 0 Å². The van der Waals surface area contributed by atoms with Crippen molar-refractivity contribution < 1.29 is 0 Å². The van der Waals surface area contributed by atoms with E-state index in [2.05, 4.69) is 46.6 Å². The minimum Gasteiger partial charge on any atom is -0.368 e. The predicted molar refractivity (Wildman–Crippen MR) is 72.9 cm³/mol. The molecule has 0 saturated carbocycles. The summed E-state index contributed by atoms with van der Waals surface area (Å²) in [4.78, 5) is 9.31. The second-order valence-electron chi connectivity index (χ2n) is 4.43. The van der Waals surface area contributed by atoms with Crippen molar-refractivity contribution in [2.24, 2.45) is 0 Å². The normalized spacial score (nSPS) is 11.5.